The molecule has 3 atom stereocenters. The SMILES string of the molecule is O[C@H](/C=C/c1ccccc1)CCN1CC[C@@H]2CC[C@@H](C2)C1. The number of nitrogens with zero attached hydrogens (tertiary/aromatic N) is 1. The molecule has 114 valence electrons. The molecule has 0 radical (unpaired) electrons. The van der Waals surface area contributed by atoms with Gasteiger partial charge in [-0.3, -0.25) is 0 Å². The Balaban J connectivity index is 1.43. The van der Waals surface area contributed by atoms with E-state index in [-0.39, 0.29) is 6.10 Å². The minimum absolute atomic E-state index is 0.328. The summed E-state index contributed by atoms with van der Waals surface area (Å²) in [5.74, 6) is 1.91. The summed E-state index contributed by atoms with van der Waals surface area (Å²) < 4.78 is 0. The van der Waals surface area contributed by atoms with Crippen LogP contribution in [0.5, 0.6) is 0 Å². The minimum Gasteiger partial charge on any atom is -0.389 e. The molecule has 2 nitrogen and oxygen atoms in total. The molecule has 2 fully saturated rings. The summed E-state index contributed by atoms with van der Waals surface area (Å²) in [5, 5.41) is 10.1. The van der Waals surface area contributed by atoms with Gasteiger partial charge in [0, 0.05) is 13.1 Å². The number of aliphatic hydroxyl groups excluding tert-OH is 1. The van der Waals surface area contributed by atoms with Gasteiger partial charge < -0.3 is 10.0 Å². The fourth-order valence-corrected chi connectivity index (χ4v) is 3.83. The van der Waals surface area contributed by atoms with Crippen molar-refractivity contribution in [2.45, 2.75) is 38.2 Å². The second kappa shape index (κ2) is 7.24. The van der Waals surface area contributed by atoms with Crippen LogP contribution >= 0.6 is 0 Å². The van der Waals surface area contributed by atoms with Crippen LogP contribution in [-0.4, -0.2) is 35.7 Å². The lowest BCUT2D eigenvalue weighted by atomic mass is 10.0. The Morgan fingerprint density at radius 2 is 1.95 bits per heavy atom. The molecule has 0 aromatic heterocycles. The maximum absolute atomic E-state index is 10.1. The molecule has 3 rings (SSSR count). The van der Waals surface area contributed by atoms with E-state index < -0.39 is 0 Å². The summed E-state index contributed by atoms with van der Waals surface area (Å²) in [6.45, 7) is 3.52. The second-order valence-electron chi connectivity index (χ2n) is 6.76. The number of likely N-dealkylation sites (tertiary alicyclic amines) is 1. The summed E-state index contributed by atoms with van der Waals surface area (Å²) in [7, 11) is 0. The highest BCUT2D eigenvalue weighted by molar-refractivity contribution is 5.49. The maximum atomic E-state index is 10.1. The summed E-state index contributed by atoms with van der Waals surface area (Å²) in [6.07, 6.45) is 10.2. The molecule has 2 aliphatic rings. The molecule has 1 saturated carbocycles. The van der Waals surface area contributed by atoms with Gasteiger partial charge in [0.15, 0.2) is 0 Å². The highest BCUT2D eigenvalue weighted by Crippen LogP contribution is 2.36. The fraction of sp³-hybridized carbons (Fsp3) is 0.579. The van der Waals surface area contributed by atoms with Crippen molar-refractivity contribution in [3.63, 3.8) is 0 Å². The molecule has 1 aliphatic heterocycles. The van der Waals surface area contributed by atoms with Crippen molar-refractivity contribution in [1.82, 2.24) is 4.90 Å². The molecule has 0 unspecified atom stereocenters. The van der Waals surface area contributed by atoms with Crippen LogP contribution < -0.4 is 0 Å². The predicted octanol–water partition coefficient (Wildman–Crippen LogP) is 3.57. The molecule has 1 aromatic rings. The Labute approximate surface area is 128 Å². The van der Waals surface area contributed by atoms with Gasteiger partial charge in [-0.05, 0) is 49.6 Å². The van der Waals surface area contributed by atoms with Crippen molar-refractivity contribution in [2.24, 2.45) is 11.8 Å². The topological polar surface area (TPSA) is 23.5 Å². The molecule has 1 aliphatic carbocycles. The van der Waals surface area contributed by atoms with Crippen molar-refractivity contribution >= 4 is 6.08 Å². The van der Waals surface area contributed by atoms with Crippen molar-refractivity contribution in [3.8, 4) is 0 Å². The van der Waals surface area contributed by atoms with Gasteiger partial charge in [-0.25, -0.2) is 0 Å². The van der Waals surface area contributed by atoms with Gasteiger partial charge in [0.1, 0.15) is 0 Å². The molecule has 1 N–H and O–H groups in total. The number of hydrogen-bond acceptors (Lipinski definition) is 2. The van der Waals surface area contributed by atoms with E-state index in [1.54, 1.807) is 0 Å². The van der Waals surface area contributed by atoms with E-state index in [1.165, 1.54) is 38.8 Å². The normalized spacial score (nSPS) is 27.9. The van der Waals surface area contributed by atoms with Crippen LogP contribution in [0, 0.1) is 11.8 Å². The Bertz CT molecular complexity index is 456. The Kier molecular flexibility index (Phi) is 5.10. The first-order valence-corrected chi connectivity index (χ1v) is 8.43. The van der Waals surface area contributed by atoms with Crippen LogP contribution in [0.4, 0.5) is 0 Å². The van der Waals surface area contributed by atoms with Gasteiger partial charge in [0.05, 0.1) is 6.10 Å². The molecular weight excluding hydrogens is 258 g/mol. The third-order valence-corrected chi connectivity index (χ3v) is 5.07. The van der Waals surface area contributed by atoms with Crippen molar-refractivity contribution in [2.75, 3.05) is 19.6 Å². The predicted molar refractivity (Wildman–Crippen MR) is 88.0 cm³/mol. The molecule has 2 heteroatoms. The van der Waals surface area contributed by atoms with Gasteiger partial charge in [0.2, 0.25) is 0 Å². The zero-order chi connectivity index (χ0) is 14.5. The first-order valence-electron chi connectivity index (χ1n) is 8.43. The Morgan fingerprint density at radius 3 is 2.81 bits per heavy atom. The molecule has 1 saturated heterocycles. The van der Waals surface area contributed by atoms with Crippen molar-refractivity contribution in [3.05, 3.63) is 42.0 Å². The molecule has 1 heterocycles. The smallest absolute Gasteiger partial charge is 0.0736 e. The van der Waals surface area contributed by atoms with E-state index in [2.05, 4.69) is 17.0 Å². The molecule has 21 heavy (non-hydrogen) atoms. The van der Waals surface area contributed by atoms with Gasteiger partial charge >= 0.3 is 0 Å². The second-order valence-corrected chi connectivity index (χ2v) is 6.76. The molecule has 0 spiro atoms. The third-order valence-electron chi connectivity index (χ3n) is 5.07. The Morgan fingerprint density at radius 1 is 1.14 bits per heavy atom. The lowest BCUT2D eigenvalue weighted by Crippen LogP contribution is -2.31. The molecule has 2 bridgehead atoms. The third kappa shape index (κ3) is 4.42. The Hall–Kier alpha value is -1.12. The van der Waals surface area contributed by atoms with E-state index in [1.807, 2.05) is 30.4 Å². The summed E-state index contributed by atoms with van der Waals surface area (Å²) >= 11 is 0. The number of rotatable bonds is 5. The standard InChI is InChI=1S/C19H27NO/c21-19(9-8-16-4-2-1-3-5-16)11-13-20-12-10-17-6-7-18(14-17)15-20/h1-5,8-9,17-19,21H,6-7,10-15H2/b9-8+/t17-,18-,19+/m0/s1. The monoisotopic (exact) mass is 285 g/mol. The lowest BCUT2D eigenvalue weighted by molar-refractivity contribution is 0.168. The van der Waals surface area contributed by atoms with E-state index in [0.29, 0.717) is 0 Å². The van der Waals surface area contributed by atoms with Crippen LogP contribution in [-0.2, 0) is 0 Å². The fourth-order valence-electron chi connectivity index (χ4n) is 3.83. The van der Waals surface area contributed by atoms with E-state index in [9.17, 15) is 5.11 Å². The minimum atomic E-state index is -0.328. The van der Waals surface area contributed by atoms with Crippen LogP contribution in [0.15, 0.2) is 36.4 Å². The van der Waals surface area contributed by atoms with Crippen LogP contribution in [0.1, 0.15) is 37.7 Å². The van der Waals surface area contributed by atoms with Crippen LogP contribution in [0.25, 0.3) is 6.08 Å². The molecular formula is C19H27NO. The van der Waals surface area contributed by atoms with Gasteiger partial charge in [-0.15, -0.1) is 0 Å². The largest absolute Gasteiger partial charge is 0.389 e. The summed E-state index contributed by atoms with van der Waals surface area (Å²) in [5.41, 5.74) is 1.16. The maximum Gasteiger partial charge on any atom is 0.0736 e. The lowest BCUT2D eigenvalue weighted by Gasteiger charge is -2.25. The first kappa shape index (κ1) is 14.8. The highest BCUT2D eigenvalue weighted by Gasteiger charge is 2.29. The van der Waals surface area contributed by atoms with Gasteiger partial charge in [-0.2, -0.15) is 0 Å². The van der Waals surface area contributed by atoms with Crippen LogP contribution in [0.3, 0.4) is 0 Å². The van der Waals surface area contributed by atoms with Gasteiger partial charge in [-0.1, -0.05) is 48.9 Å². The summed E-state index contributed by atoms with van der Waals surface area (Å²) in [6, 6.07) is 10.2. The van der Waals surface area contributed by atoms with Crippen molar-refractivity contribution < 1.29 is 5.11 Å². The zero-order valence-corrected chi connectivity index (χ0v) is 12.8. The average Bonchev–Trinajstić information content (AvgIpc) is 2.85. The molecule has 1 aromatic carbocycles. The summed E-state index contributed by atoms with van der Waals surface area (Å²) in [4.78, 5) is 2.57. The number of benzene rings is 1. The van der Waals surface area contributed by atoms with E-state index >= 15 is 0 Å². The average molecular weight is 285 g/mol. The van der Waals surface area contributed by atoms with Crippen molar-refractivity contribution in [1.29, 1.82) is 0 Å². The van der Waals surface area contributed by atoms with Crippen LogP contribution in [0.2, 0.25) is 0 Å². The van der Waals surface area contributed by atoms with E-state index in [4.69, 9.17) is 0 Å². The first-order chi connectivity index (χ1) is 10.3. The zero-order valence-electron chi connectivity index (χ0n) is 12.8. The quantitative estimate of drug-likeness (QED) is 0.894. The number of fused-ring (bicyclic) bond motifs is 2. The number of aliphatic hydroxyl groups is 1. The number of hydrogen-bond donors (Lipinski definition) is 1. The molecule has 0 amide bonds. The van der Waals surface area contributed by atoms with Gasteiger partial charge in [0.25, 0.3) is 0 Å². The van der Waals surface area contributed by atoms with E-state index in [0.717, 1.165) is 30.4 Å². The highest BCUT2D eigenvalue weighted by atomic mass is 16.3.